The van der Waals surface area contributed by atoms with Gasteiger partial charge in [-0.2, -0.15) is 0 Å². The molecule has 128 valence electrons. The van der Waals surface area contributed by atoms with Crippen LogP contribution < -0.4 is 10.6 Å². The molecule has 2 N–H and O–H groups in total. The lowest BCUT2D eigenvalue weighted by Crippen LogP contribution is -2.50. The lowest BCUT2D eigenvalue weighted by atomic mass is 9.99. The van der Waals surface area contributed by atoms with Gasteiger partial charge in [-0.15, -0.1) is 0 Å². The molecular formula is C20H22N4O. The highest BCUT2D eigenvalue weighted by atomic mass is 16.2. The number of carbonyl (C=O) groups excluding carboxylic acids is 1. The number of imidazole rings is 1. The van der Waals surface area contributed by atoms with Crippen LogP contribution in [0.4, 0.5) is 0 Å². The molecule has 0 spiro atoms. The molecule has 0 aliphatic carbocycles. The average molecular weight is 334 g/mol. The Labute approximate surface area is 147 Å². The van der Waals surface area contributed by atoms with E-state index in [1.165, 1.54) is 0 Å². The summed E-state index contributed by atoms with van der Waals surface area (Å²) >= 11 is 0. The number of benzene rings is 2. The first kappa shape index (κ1) is 15.8. The maximum atomic E-state index is 12.4. The van der Waals surface area contributed by atoms with Crippen molar-refractivity contribution in [2.45, 2.75) is 31.8 Å². The standard InChI is InChI=1S/C20H22N4O/c1-20(11-4-12-23-20)19(25)21-13-15-7-9-16(10-8-15)24-14-22-17-5-2-3-6-18(17)24/h2-3,5-10,14,23H,4,11-13H2,1H3,(H,21,25). The zero-order valence-electron chi connectivity index (χ0n) is 14.3. The van der Waals surface area contributed by atoms with Gasteiger partial charge in [-0.3, -0.25) is 9.36 Å². The Morgan fingerprint density at radius 3 is 2.80 bits per heavy atom. The highest BCUT2D eigenvalue weighted by Crippen LogP contribution is 2.20. The Bertz CT molecular complexity index is 891. The van der Waals surface area contributed by atoms with Crippen LogP contribution in [0.5, 0.6) is 0 Å². The summed E-state index contributed by atoms with van der Waals surface area (Å²) in [6, 6.07) is 16.3. The summed E-state index contributed by atoms with van der Waals surface area (Å²) in [6.45, 7) is 3.43. The largest absolute Gasteiger partial charge is 0.350 e. The quantitative estimate of drug-likeness (QED) is 0.771. The lowest BCUT2D eigenvalue weighted by molar-refractivity contribution is -0.126. The zero-order valence-corrected chi connectivity index (χ0v) is 14.3. The third-order valence-electron chi connectivity index (χ3n) is 4.99. The predicted octanol–water partition coefficient (Wildman–Crippen LogP) is 2.78. The fourth-order valence-corrected chi connectivity index (χ4v) is 3.41. The van der Waals surface area contributed by atoms with Gasteiger partial charge < -0.3 is 10.6 Å². The Morgan fingerprint density at radius 1 is 1.24 bits per heavy atom. The molecule has 0 bridgehead atoms. The summed E-state index contributed by atoms with van der Waals surface area (Å²) in [5.41, 5.74) is 3.80. The highest BCUT2D eigenvalue weighted by molar-refractivity contribution is 5.86. The Balaban J connectivity index is 1.46. The number of aromatic nitrogens is 2. The molecule has 2 heterocycles. The van der Waals surface area contributed by atoms with Crippen LogP contribution in [0.3, 0.4) is 0 Å². The minimum Gasteiger partial charge on any atom is -0.350 e. The number of rotatable bonds is 4. The Morgan fingerprint density at radius 2 is 2.04 bits per heavy atom. The summed E-state index contributed by atoms with van der Waals surface area (Å²) < 4.78 is 2.07. The molecule has 1 saturated heterocycles. The van der Waals surface area contributed by atoms with Gasteiger partial charge in [0, 0.05) is 12.2 Å². The van der Waals surface area contributed by atoms with E-state index < -0.39 is 5.54 Å². The summed E-state index contributed by atoms with van der Waals surface area (Å²) in [6.07, 6.45) is 3.79. The molecule has 3 aromatic rings. The van der Waals surface area contributed by atoms with E-state index in [1.807, 2.05) is 31.5 Å². The molecule has 1 atom stereocenters. The number of amides is 1. The minimum atomic E-state index is -0.421. The van der Waals surface area contributed by atoms with Gasteiger partial charge in [0.25, 0.3) is 0 Å². The van der Waals surface area contributed by atoms with Crippen molar-refractivity contribution >= 4 is 16.9 Å². The second kappa shape index (κ2) is 6.33. The summed E-state index contributed by atoms with van der Waals surface area (Å²) in [5, 5.41) is 6.34. The number of hydrogen-bond donors (Lipinski definition) is 2. The second-order valence-corrected chi connectivity index (χ2v) is 6.81. The van der Waals surface area contributed by atoms with Crippen molar-refractivity contribution in [1.29, 1.82) is 0 Å². The molecule has 4 rings (SSSR count). The van der Waals surface area contributed by atoms with E-state index in [0.717, 1.165) is 41.7 Å². The first-order valence-corrected chi connectivity index (χ1v) is 8.70. The molecule has 5 heteroatoms. The smallest absolute Gasteiger partial charge is 0.240 e. The molecule has 1 amide bonds. The summed E-state index contributed by atoms with van der Waals surface area (Å²) in [5.74, 6) is 0.0784. The minimum absolute atomic E-state index is 0.0784. The van der Waals surface area contributed by atoms with Crippen molar-refractivity contribution in [2.24, 2.45) is 0 Å². The first-order valence-electron chi connectivity index (χ1n) is 8.70. The maximum absolute atomic E-state index is 12.4. The Kier molecular flexibility index (Phi) is 4.01. The van der Waals surface area contributed by atoms with E-state index in [2.05, 4.69) is 50.5 Å². The zero-order chi connectivity index (χ0) is 17.3. The molecule has 1 aromatic heterocycles. The maximum Gasteiger partial charge on any atom is 0.240 e. The van der Waals surface area contributed by atoms with Crippen LogP contribution in [0.25, 0.3) is 16.7 Å². The van der Waals surface area contributed by atoms with E-state index in [0.29, 0.717) is 6.54 Å². The molecule has 0 radical (unpaired) electrons. The van der Waals surface area contributed by atoms with Crippen LogP contribution in [0.1, 0.15) is 25.3 Å². The molecular weight excluding hydrogens is 312 g/mol. The van der Waals surface area contributed by atoms with Crippen molar-refractivity contribution in [1.82, 2.24) is 20.2 Å². The van der Waals surface area contributed by atoms with Gasteiger partial charge in [0.1, 0.15) is 6.33 Å². The lowest BCUT2D eigenvalue weighted by Gasteiger charge is -2.23. The van der Waals surface area contributed by atoms with Crippen molar-refractivity contribution in [2.75, 3.05) is 6.54 Å². The van der Waals surface area contributed by atoms with Gasteiger partial charge in [0.15, 0.2) is 0 Å². The summed E-state index contributed by atoms with van der Waals surface area (Å²) in [7, 11) is 0. The molecule has 1 aliphatic rings. The van der Waals surface area contributed by atoms with Crippen LogP contribution in [0.15, 0.2) is 54.9 Å². The van der Waals surface area contributed by atoms with Crippen LogP contribution in [0, 0.1) is 0 Å². The number of hydrogen-bond acceptors (Lipinski definition) is 3. The monoisotopic (exact) mass is 334 g/mol. The van der Waals surface area contributed by atoms with Crippen molar-refractivity contribution < 1.29 is 4.79 Å². The van der Waals surface area contributed by atoms with Gasteiger partial charge in [-0.1, -0.05) is 24.3 Å². The molecule has 5 nitrogen and oxygen atoms in total. The van der Waals surface area contributed by atoms with Crippen molar-refractivity contribution in [3.05, 3.63) is 60.4 Å². The normalized spacial score (nSPS) is 20.0. The number of nitrogens with zero attached hydrogens (tertiary/aromatic N) is 2. The molecule has 2 aromatic carbocycles. The van der Waals surface area contributed by atoms with Crippen LogP contribution in [-0.2, 0) is 11.3 Å². The van der Waals surface area contributed by atoms with Gasteiger partial charge in [0.2, 0.25) is 5.91 Å². The van der Waals surface area contributed by atoms with Crippen LogP contribution >= 0.6 is 0 Å². The van der Waals surface area contributed by atoms with Crippen molar-refractivity contribution in [3.8, 4) is 5.69 Å². The van der Waals surface area contributed by atoms with Gasteiger partial charge in [-0.25, -0.2) is 4.98 Å². The van der Waals surface area contributed by atoms with Crippen molar-refractivity contribution in [3.63, 3.8) is 0 Å². The number of fused-ring (bicyclic) bond motifs is 1. The highest BCUT2D eigenvalue weighted by Gasteiger charge is 2.35. The van der Waals surface area contributed by atoms with E-state index in [4.69, 9.17) is 0 Å². The topological polar surface area (TPSA) is 59.0 Å². The molecule has 1 unspecified atom stereocenters. The number of para-hydroxylation sites is 2. The predicted molar refractivity (Wildman–Crippen MR) is 98.6 cm³/mol. The summed E-state index contributed by atoms with van der Waals surface area (Å²) in [4.78, 5) is 16.8. The first-order chi connectivity index (χ1) is 12.2. The SMILES string of the molecule is CC1(C(=O)NCc2ccc(-n3cnc4ccccc43)cc2)CCCN1. The number of nitrogens with one attached hydrogen (secondary N) is 2. The van der Waals surface area contributed by atoms with E-state index >= 15 is 0 Å². The average Bonchev–Trinajstić information content (AvgIpc) is 3.27. The fourth-order valence-electron chi connectivity index (χ4n) is 3.41. The van der Waals surface area contributed by atoms with Gasteiger partial charge in [-0.05, 0) is 56.1 Å². The van der Waals surface area contributed by atoms with E-state index in [9.17, 15) is 4.79 Å². The van der Waals surface area contributed by atoms with E-state index in [1.54, 1.807) is 0 Å². The molecule has 1 fully saturated rings. The number of carbonyl (C=O) groups is 1. The third-order valence-corrected chi connectivity index (χ3v) is 4.99. The molecule has 0 saturated carbocycles. The third kappa shape index (κ3) is 3.03. The van der Waals surface area contributed by atoms with Gasteiger partial charge >= 0.3 is 0 Å². The fraction of sp³-hybridized carbons (Fsp3) is 0.300. The van der Waals surface area contributed by atoms with E-state index in [-0.39, 0.29) is 5.91 Å². The van der Waals surface area contributed by atoms with Crippen LogP contribution in [0.2, 0.25) is 0 Å². The Hall–Kier alpha value is -2.66. The van der Waals surface area contributed by atoms with Gasteiger partial charge in [0.05, 0.1) is 16.6 Å². The van der Waals surface area contributed by atoms with Crippen LogP contribution in [-0.4, -0.2) is 27.5 Å². The molecule has 25 heavy (non-hydrogen) atoms. The molecule has 1 aliphatic heterocycles. The second-order valence-electron chi connectivity index (χ2n) is 6.81.